The van der Waals surface area contributed by atoms with Gasteiger partial charge in [-0.3, -0.25) is 19.9 Å². The molecular formula is C19H14F3N3O3. The Labute approximate surface area is 157 Å². The van der Waals surface area contributed by atoms with Gasteiger partial charge in [0.15, 0.2) is 5.92 Å². The lowest BCUT2D eigenvalue weighted by Gasteiger charge is -2.29. The van der Waals surface area contributed by atoms with Crippen LogP contribution in [0.3, 0.4) is 0 Å². The minimum absolute atomic E-state index is 0.0743. The highest BCUT2D eigenvalue weighted by molar-refractivity contribution is 6.32. The molecule has 0 saturated carbocycles. The molecule has 0 aromatic heterocycles. The number of amides is 4. The lowest BCUT2D eigenvalue weighted by molar-refractivity contribution is -0.137. The molecule has 2 aromatic rings. The van der Waals surface area contributed by atoms with Crippen molar-refractivity contribution in [3.8, 4) is 0 Å². The molecule has 1 saturated heterocycles. The van der Waals surface area contributed by atoms with E-state index >= 15 is 0 Å². The lowest BCUT2D eigenvalue weighted by atomic mass is 10.0. The highest BCUT2D eigenvalue weighted by atomic mass is 19.4. The number of imide groups is 2. The number of alkyl halides is 3. The van der Waals surface area contributed by atoms with Crippen LogP contribution in [0.4, 0.5) is 29.3 Å². The molecule has 144 valence electrons. The standard InChI is InChI=1S/C19H14F3N3O3/c1-11-5-2-3-8-15(11)25-17(27)14(16(26)24-18(25)28)10-23-13-7-4-6-12(9-13)19(20,21)22/h2-10,14H,1H3,(H,24,26,28)/t14-/m1/s1. The average molecular weight is 389 g/mol. The minimum atomic E-state index is -4.54. The minimum Gasteiger partial charge on any atom is -0.276 e. The molecule has 1 fully saturated rings. The summed E-state index contributed by atoms with van der Waals surface area (Å²) < 4.78 is 38.4. The zero-order valence-corrected chi connectivity index (χ0v) is 14.5. The summed E-state index contributed by atoms with van der Waals surface area (Å²) in [5.74, 6) is -3.18. The summed E-state index contributed by atoms with van der Waals surface area (Å²) in [5, 5.41) is 2.06. The van der Waals surface area contributed by atoms with Crippen LogP contribution in [-0.2, 0) is 15.8 Å². The number of hydrogen-bond donors (Lipinski definition) is 1. The van der Waals surface area contributed by atoms with E-state index in [0.29, 0.717) is 11.3 Å². The fourth-order valence-corrected chi connectivity index (χ4v) is 2.69. The van der Waals surface area contributed by atoms with Gasteiger partial charge < -0.3 is 0 Å². The topological polar surface area (TPSA) is 78.8 Å². The molecule has 4 amide bonds. The molecule has 0 aliphatic carbocycles. The van der Waals surface area contributed by atoms with Crippen molar-refractivity contribution in [3.63, 3.8) is 0 Å². The van der Waals surface area contributed by atoms with Gasteiger partial charge in [-0.2, -0.15) is 13.2 Å². The van der Waals surface area contributed by atoms with Crippen molar-refractivity contribution in [1.82, 2.24) is 5.32 Å². The number of hydrogen-bond acceptors (Lipinski definition) is 4. The number of aliphatic imine (C=N–C) groups is 1. The molecule has 2 aromatic carbocycles. The van der Waals surface area contributed by atoms with Gasteiger partial charge in [0, 0.05) is 6.21 Å². The first kappa shape index (κ1) is 19.3. The summed E-state index contributed by atoms with van der Waals surface area (Å²) in [4.78, 5) is 41.6. The van der Waals surface area contributed by atoms with Crippen molar-refractivity contribution in [3.05, 3.63) is 59.7 Å². The van der Waals surface area contributed by atoms with Crippen LogP contribution >= 0.6 is 0 Å². The Morgan fingerprint density at radius 1 is 1.07 bits per heavy atom. The van der Waals surface area contributed by atoms with Crippen molar-refractivity contribution in [2.45, 2.75) is 13.1 Å². The van der Waals surface area contributed by atoms with E-state index in [2.05, 4.69) is 10.3 Å². The molecule has 0 unspecified atom stereocenters. The number of para-hydroxylation sites is 1. The number of carbonyl (C=O) groups excluding carboxylic acids is 3. The number of barbiturate groups is 1. The SMILES string of the molecule is Cc1ccccc1N1C(=O)NC(=O)[C@@H](C=Nc2cccc(C(F)(F)F)c2)C1=O. The third-order valence-electron chi connectivity index (χ3n) is 4.10. The van der Waals surface area contributed by atoms with Crippen LogP contribution in [-0.4, -0.2) is 24.1 Å². The van der Waals surface area contributed by atoms with Gasteiger partial charge in [0.1, 0.15) is 0 Å². The van der Waals surface area contributed by atoms with E-state index in [0.717, 1.165) is 23.2 Å². The largest absolute Gasteiger partial charge is 0.416 e. The van der Waals surface area contributed by atoms with Gasteiger partial charge in [-0.1, -0.05) is 24.3 Å². The van der Waals surface area contributed by atoms with E-state index in [9.17, 15) is 27.6 Å². The van der Waals surface area contributed by atoms with E-state index in [1.807, 2.05) is 0 Å². The van der Waals surface area contributed by atoms with Gasteiger partial charge in [0.2, 0.25) is 5.91 Å². The van der Waals surface area contributed by atoms with E-state index in [1.54, 1.807) is 31.2 Å². The van der Waals surface area contributed by atoms with Gasteiger partial charge in [0.05, 0.1) is 16.9 Å². The number of anilines is 1. The molecule has 3 rings (SSSR count). The van der Waals surface area contributed by atoms with Gasteiger partial charge in [-0.25, -0.2) is 9.69 Å². The zero-order chi connectivity index (χ0) is 20.5. The van der Waals surface area contributed by atoms with Crippen LogP contribution < -0.4 is 10.2 Å². The molecule has 6 nitrogen and oxygen atoms in total. The fourth-order valence-electron chi connectivity index (χ4n) is 2.69. The number of rotatable bonds is 3. The van der Waals surface area contributed by atoms with Crippen LogP contribution in [0, 0.1) is 12.8 Å². The quantitative estimate of drug-likeness (QED) is 0.643. The van der Waals surface area contributed by atoms with Crippen LogP contribution in [0.1, 0.15) is 11.1 Å². The van der Waals surface area contributed by atoms with Crippen molar-refractivity contribution in [2.24, 2.45) is 10.9 Å². The Bertz CT molecular complexity index is 986. The van der Waals surface area contributed by atoms with Gasteiger partial charge in [0.25, 0.3) is 5.91 Å². The average Bonchev–Trinajstić information content (AvgIpc) is 2.62. The Morgan fingerprint density at radius 2 is 1.79 bits per heavy atom. The van der Waals surface area contributed by atoms with Crippen LogP contribution in [0.25, 0.3) is 0 Å². The van der Waals surface area contributed by atoms with Crippen molar-refractivity contribution >= 4 is 35.4 Å². The highest BCUT2D eigenvalue weighted by Gasteiger charge is 2.41. The van der Waals surface area contributed by atoms with Crippen LogP contribution in [0.15, 0.2) is 53.5 Å². The maximum absolute atomic E-state index is 12.8. The molecule has 0 radical (unpaired) electrons. The second kappa shape index (κ2) is 7.26. The molecule has 1 N–H and O–H groups in total. The van der Waals surface area contributed by atoms with E-state index < -0.39 is 35.5 Å². The fraction of sp³-hybridized carbons (Fsp3) is 0.158. The normalized spacial score (nSPS) is 17.9. The molecule has 1 atom stereocenters. The number of carbonyl (C=O) groups is 3. The highest BCUT2D eigenvalue weighted by Crippen LogP contribution is 2.31. The number of aryl methyl sites for hydroxylation is 1. The predicted octanol–water partition coefficient (Wildman–Crippen LogP) is 3.62. The summed E-state index contributed by atoms with van der Waals surface area (Å²) in [6.45, 7) is 1.69. The molecular weight excluding hydrogens is 375 g/mol. The molecule has 0 bridgehead atoms. The number of halogens is 3. The van der Waals surface area contributed by atoms with Crippen LogP contribution in [0.2, 0.25) is 0 Å². The van der Waals surface area contributed by atoms with E-state index in [4.69, 9.17) is 0 Å². The maximum Gasteiger partial charge on any atom is 0.416 e. The Hall–Kier alpha value is -3.49. The van der Waals surface area contributed by atoms with E-state index in [-0.39, 0.29) is 5.69 Å². The second-order valence-electron chi connectivity index (χ2n) is 6.06. The van der Waals surface area contributed by atoms with Crippen LogP contribution in [0.5, 0.6) is 0 Å². The van der Waals surface area contributed by atoms with E-state index in [1.165, 1.54) is 12.1 Å². The number of nitrogens with one attached hydrogen (secondary N) is 1. The maximum atomic E-state index is 12.8. The molecule has 28 heavy (non-hydrogen) atoms. The smallest absolute Gasteiger partial charge is 0.276 e. The Balaban J connectivity index is 1.90. The third-order valence-corrected chi connectivity index (χ3v) is 4.10. The van der Waals surface area contributed by atoms with Crippen molar-refractivity contribution in [2.75, 3.05) is 4.90 Å². The third kappa shape index (κ3) is 3.78. The van der Waals surface area contributed by atoms with Gasteiger partial charge in [-0.05, 0) is 36.8 Å². The molecule has 1 aliphatic rings. The van der Waals surface area contributed by atoms with Crippen molar-refractivity contribution in [1.29, 1.82) is 0 Å². The second-order valence-corrected chi connectivity index (χ2v) is 6.06. The number of benzene rings is 2. The predicted molar refractivity (Wildman–Crippen MR) is 95.3 cm³/mol. The zero-order valence-electron chi connectivity index (χ0n) is 14.5. The summed E-state index contributed by atoms with van der Waals surface area (Å²) in [6.07, 6.45) is -3.61. The summed E-state index contributed by atoms with van der Waals surface area (Å²) >= 11 is 0. The van der Waals surface area contributed by atoms with Gasteiger partial charge >= 0.3 is 12.2 Å². The lowest BCUT2D eigenvalue weighted by Crippen LogP contribution is -2.58. The first-order valence-corrected chi connectivity index (χ1v) is 8.14. The Kier molecular flexibility index (Phi) is 5.00. The summed E-state index contributed by atoms with van der Waals surface area (Å²) in [6, 6.07) is 9.85. The summed E-state index contributed by atoms with van der Waals surface area (Å²) in [5.41, 5.74) is -0.0445. The first-order valence-electron chi connectivity index (χ1n) is 8.14. The molecule has 9 heteroatoms. The van der Waals surface area contributed by atoms with Crippen molar-refractivity contribution < 1.29 is 27.6 Å². The number of urea groups is 1. The monoisotopic (exact) mass is 389 g/mol. The molecule has 1 heterocycles. The first-order chi connectivity index (χ1) is 13.2. The molecule has 0 spiro atoms. The number of nitrogens with zero attached hydrogens (tertiary/aromatic N) is 2. The summed E-state index contributed by atoms with van der Waals surface area (Å²) in [7, 11) is 0. The Morgan fingerprint density at radius 3 is 2.46 bits per heavy atom. The van der Waals surface area contributed by atoms with Gasteiger partial charge in [-0.15, -0.1) is 0 Å². The molecule has 1 aliphatic heterocycles.